The molecule has 0 fully saturated rings. The third kappa shape index (κ3) is 2.59. The second-order valence-electron chi connectivity index (χ2n) is 5.09. The molecule has 0 amide bonds. The Labute approximate surface area is 128 Å². The van der Waals surface area contributed by atoms with Crippen molar-refractivity contribution in [3.8, 4) is 17.2 Å². The summed E-state index contributed by atoms with van der Waals surface area (Å²) in [5.41, 5.74) is 5.75. The van der Waals surface area contributed by atoms with E-state index in [0.717, 1.165) is 28.2 Å². The van der Waals surface area contributed by atoms with Gasteiger partial charge in [0.15, 0.2) is 0 Å². The van der Waals surface area contributed by atoms with Crippen LogP contribution in [0, 0.1) is 25.2 Å². The average molecular weight is 289 g/mol. The van der Waals surface area contributed by atoms with Gasteiger partial charge in [-0.2, -0.15) is 10.4 Å². The summed E-state index contributed by atoms with van der Waals surface area (Å²) < 4.78 is 1.94. The topological polar surface area (TPSA) is 67.4 Å². The minimum absolute atomic E-state index is 0.594. The molecule has 0 aliphatic carbocycles. The van der Waals surface area contributed by atoms with Gasteiger partial charge in [0.25, 0.3) is 0 Å². The van der Waals surface area contributed by atoms with Gasteiger partial charge < -0.3 is 0 Å². The van der Waals surface area contributed by atoms with E-state index in [1.54, 1.807) is 18.6 Å². The Bertz CT molecular complexity index is 826. The molecule has 0 spiro atoms. The Morgan fingerprint density at radius 3 is 2.55 bits per heavy atom. The minimum Gasteiger partial charge on any atom is -0.263 e. The lowest BCUT2D eigenvalue weighted by molar-refractivity contribution is 0.644. The van der Waals surface area contributed by atoms with Gasteiger partial charge in [0.05, 0.1) is 35.8 Å². The van der Waals surface area contributed by atoms with Crippen LogP contribution >= 0.6 is 0 Å². The van der Waals surface area contributed by atoms with E-state index < -0.39 is 0 Å². The number of nitrogens with zero attached hydrogens (tertiary/aromatic N) is 5. The lowest BCUT2D eigenvalue weighted by Crippen LogP contribution is -2.05. The molecule has 22 heavy (non-hydrogen) atoms. The second-order valence-corrected chi connectivity index (χ2v) is 5.09. The van der Waals surface area contributed by atoms with Crippen LogP contribution in [0.3, 0.4) is 0 Å². The first-order chi connectivity index (χ1) is 10.7. The van der Waals surface area contributed by atoms with E-state index in [-0.39, 0.29) is 0 Å². The zero-order valence-corrected chi connectivity index (χ0v) is 12.5. The molecule has 0 aliphatic rings. The standard InChI is InChI=1S/C17H15N5/c1-12-17(15-5-3-14(9-18)4-6-15)13(2)22(21-12)11-16-10-19-7-8-20-16/h3-8,10H,11H2,1-2H3. The fraction of sp³-hybridized carbons (Fsp3) is 0.176. The van der Waals surface area contributed by atoms with Crippen LogP contribution in [-0.2, 0) is 6.54 Å². The predicted molar refractivity (Wildman–Crippen MR) is 83.0 cm³/mol. The first-order valence-electron chi connectivity index (χ1n) is 6.98. The molecule has 0 atom stereocenters. The van der Waals surface area contributed by atoms with Gasteiger partial charge in [0.1, 0.15) is 0 Å². The Morgan fingerprint density at radius 2 is 1.91 bits per heavy atom. The SMILES string of the molecule is Cc1nn(Cc2cnccn2)c(C)c1-c1ccc(C#N)cc1. The number of nitriles is 1. The molecule has 0 radical (unpaired) electrons. The molecule has 0 saturated carbocycles. The highest BCUT2D eigenvalue weighted by Gasteiger charge is 2.14. The lowest BCUT2D eigenvalue weighted by Gasteiger charge is -2.05. The number of benzene rings is 1. The zero-order chi connectivity index (χ0) is 15.5. The van der Waals surface area contributed by atoms with Crippen LogP contribution in [0.4, 0.5) is 0 Å². The number of rotatable bonds is 3. The molecule has 2 heterocycles. The van der Waals surface area contributed by atoms with E-state index >= 15 is 0 Å². The van der Waals surface area contributed by atoms with Gasteiger partial charge >= 0.3 is 0 Å². The number of aromatic nitrogens is 4. The van der Waals surface area contributed by atoms with Crippen molar-refractivity contribution in [1.29, 1.82) is 5.26 Å². The van der Waals surface area contributed by atoms with Gasteiger partial charge in [-0.25, -0.2) is 0 Å². The molecule has 5 nitrogen and oxygen atoms in total. The molecular formula is C17H15N5. The van der Waals surface area contributed by atoms with Crippen molar-refractivity contribution in [1.82, 2.24) is 19.7 Å². The highest BCUT2D eigenvalue weighted by Crippen LogP contribution is 2.27. The zero-order valence-electron chi connectivity index (χ0n) is 12.5. The average Bonchev–Trinajstić information content (AvgIpc) is 2.82. The van der Waals surface area contributed by atoms with Gasteiger partial charge in [-0.1, -0.05) is 12.1 Å². The molecule has 0 N–H and O–H groups in total. The molecule has 108 valence electrons. The van der Waals surface area contributed by atoms with Gasteiger partial charge in [0.2, 0.25) is 0 Å². The van der Waals surface area contributed by atoms with Gasteiger partial charge in [-0.05, 0) is 31.5 Å². The maximum absolute atomic E-state index is 8.90. The van der Waals surface area contributed by atoms with Crippen LogP contribution in [-0.4, -0.2) is 19.7 Å². The summed E-state index contributed by atoms with van der Waals surface area (Å²) in [6, 6.07) is 9.71. The summed E-state index contributed by atoms with van der Waals surface area (Å²) in [6.07, 6.45) is 5.09. The first kappa shape index (κ1) is 14.0. The minimum atomic E-state index is 0.594. The fourth-order valence-electron chi connectivity index (χ4n) is 2.55. The van der Waals surface area contributed by atoms with E-state index in [1.165, 1.54) is 0 Å². The van der Waals surface area contributed by atoms with Crippen molar-refractivity contribution in [3.05, 3.63) is 65.5 Å². The van der Waals surface area contributed by atoms with E-state index in [4.69, 9.17) is 5.26 Å². The van der Waals surface area contributed by atoms with Crippen LogP contribution in [0.25, 0.3) is 11.1 Å². The molecule has 0 saturated heterocycles. The van der Waals surface area contributed by atoms with Crippen molar-refractivity contribution in [2.75, 3.05) is 0 Å². The molecule has 0 bridgehead atoms. The molecule has 0 unspecified atom stereocenters. The molecule has 3 rings (SSSR count). The predicted octanol–water partition coefficient (Wildman–Crippen LogP) is 2.88. The van der Waals surface area contributed by atoms with Crippen molar-refractivity contribution < 1.29 is 0 Å². The van der Waals surface area contributed by atoms with Crippen molar-refractivity contribution in [2.45, 2.75) is 20.4 Å². The summed E-state index contributed by atoms with van der Waals surface area (Å²) >= 11 is 0. The number of hydrogen-bond acceptors (Lipinski definition) is 4. The van der Waals surface area contributed by atoms with Crippen molar-refractivity contribution in [2.24, 2.45) is 0 Å². The third-order valence-corrected chi connectivity index (χ3v) is 3.61. The van der Waals surface area contributed by atoms with E-state index in [2.05, 4.69) is 21.1 Å². The Morgan fingerprint density at radius 1 is 1.14 bits per heavy atom. The monoisotopic (exact) mass is 289 g/mol. The summed E-state index contributed by atoms with van der Waals surface area (Å²) in [5.74, 6) is 0. The normalized spacial score (nSPS) is 10.4. The van der Waals surface area contributed by atoms with Gasteiger partial charge in [0, 0.05) is 23.7 Å². The molecule has 3 aromatic rings. The van der Waals surface area contributed by atoms with Gasteiger partial charge in [-0.15, -0.1) is 0 Å². The molecular weight excluding hydrogens is 274 g/mol. The summed E-state index contributed by atoms with van der Waals surface area (Å²) in [4.78, 5) is 8.37. The van der Waals surface area contributed by atoms with E-state index in [0.29, 0.717) is 12.1 Å². The maximum Gasteiger partial charge on any atom is 0.0991 e. The summed E-state index contributed by atoms with van der Waals surface area (Å²) in [5, 5.41) is 13.5. The van der Waals surface area contributed by atoms with Crippen LogP contribution in [0.2, 0.25) is 0 Å². The van der Waals surface area contributed by atoms with E-state index in [9.17, 15) is 0 Å². The molecule has 5 heteroatoms. The van der Waals surface area contributed by atoms with Crippen LogP contribution in [0.5, 0.6) is 0 Å². The molecule has 2 aromatic heterocycles. The van der Waals surface area contributed by atoms with Crippen molar-refractivity contribution >= 4 is 0 Å². The number of aryl methyl sites for hydroxylation is 1. The van der Waals surface area contributed by atoms with Gasteiger partial charge in [-0.3, -0.25) is 14.6 Å². The lowest BCUT2D eigenvalue weighted by atomic mass is 10.0. The summed E-state index contributed by atoms with van der Waals surface area (Å²) in [7, 11) is 0. The highest BCUT2D eigenvalue weighted by atomic mass is 15.3. The maximum atomic E-state index is 8.90. The Kier molecular flexibility index (Phi) is 3.67. The summed E-state index contributed by atoms with van der Waals surface area (Å²) in [6.45, 7) is 4.63. The molecule has 0 aliphatic heterocycles. The van der Waals surface area contributed by atoms with E-state index in [1.807, 2.05) is 42.8 Å². The quantitative estimate of drug-likeness (QED) is 0.743. The van der Waals surface area contributed by atoms with Crippen LogP contribution in [0.15, 0.2) is 42.9 Å². The first-order valence-corrected chi connectivity index (χ1v) is 6.98. The number of hydrogen-bond donors (Lipinski definition) is 0. The van der Waals surface area contributed by atoms with Crippen LogP contribution < -0.4 is 0 Å². The van der Waals surface area contributed by atoms with Crippen molar-refractivity contribution in [3.63, 3.8) is 0 Å². The van der Waals surface area contributed by atoms with Crippen LogP contribution in [0.1, 0.15) is 22.6 Å². The third-order valence-electron chi connectivity index (χ3n) is 3.61. The second kappa shape index (κ2) is 5.78. The largest absolute Gasteiger partial charge is 0.263 e. The highest BCUT2D eigenvalue weighted by molar-refractivity contribution is 5.69. The Hall–Kier alpha value is -3.00. The Balaban J connectivity index is 1.98. The smallest absolute Gasteiger partial charge is 0.0991 e. The fourth-order valence-corrected chi connectivity index (χ4v) is 2.55. The molecule has 1 aromatic carbocycles.